The number of hydrogen-bond donors (Lipinski definition) is 1. The van der Waals surface area contributed by atoms with E-state index < -0.39 is 0 Å². The van der Waals surface area contributed by atoms with Crippen LogP contribution in [0.5, 0.6) is 0 Å². The summed E-state index contributed by atoms with van der Waals surface area (Å²) in [5.41, 5.74) is 10.3. The molecule has 0 bridgehead atoms. The van der Waals surface area contributed by atoms with E-state index in [0.717, 1.165) is 38.3 Å². The Hall–Kier alpha value is -2.17. The highest BCUT2D eigenvalue weighted by Gasteiger charge is 2.10. The number of anilines is 1. The summed E-state index contributed by atoms with van der Waals surface area (Å²) < 4.78 is 5.40. The fraction of sp³-hybridized carbons (Fsp3) is 0.381. The Kier molecular flexibility index (Phi) is 6.20. The summed E-state index contributed by atoms with van der Waals surface area (Å²) >= 11 is 0. The van der Waals surface area contributed by atoms with E-state index in [9.17, 15) is 4.79 Å². The van der Waals surface area contributed by atoms with Crippen LogP contribution in [0.15, 0.2) is 48.5 Å². The molecular formula is C21H26N2O2. The van der Waals surface area contributed by atoms with Gasteiger partial charge in [0.1, 0.15) is 5.78 Å². The van der Waals surface area contributed by atoms with Gasteiger partial charge in [-0.05, 0) is 41.8 Å². The van der Waals surface area contributed by atoms with Gasteiger partial charge in [-0.3, -0.25) is 4.79 Å². The van der Waals surface area contributed by atoms with E-state index in [-0.39, 0.29) is 5.78 Å². The van der Waals surface area contributed by atoms with Crippen molar-refractivity contribution in [2.45, 2.75) is 19.3 Å². The quantitative estimate of drug-likeness (QED) is 0.843. The lowest BCUT2D eigenvalue weighted by Gasteiger charge is -2.28. The highest BCUT2D eigenvalue weighted by Crippen LogP contribution is 2.19. The first-order valence-corrected chi connectivity index (χ1v) is 8.96. The Labute approximate surface area is 149 Å². The van der Waals surface area contributed by atoms with Gasteiger partial charge in [-0.1, -0.05) is 36.4 Å². The molecule has 1 saturated heterocycles. The number of morpholine rings is 1. The Balaban J connectivity index is 1.57. The third-order valence-corrected chi connectivity index (χ3v) is 4.57. The van der Waals surface area contributed by atoms with Crippen molar-refractivity contribution in [1.82, 2.24) is 0 Å². The van der Waals surface area contributed by atoms with E-state index in [4.69, 9.17) is 10.5 Å². The van der Waals surface area contributed by atoms with Gasteiger partial charge in [-0.25, -0.2) is 0 Å². The molecule has 25 heavy (non-hydrogen) atoms. The minimum atomic E-state index is 0.203. The van der Waals surface area contributed by atoms with Gasteiger partial charge in [-0.15, -0.1) is 0 Å². The average Bonchev–Trinajstić information content (AvgIpc) is 2.65. The molecule has 1 aliphatic heterocycles. The van der Waals surface area contributed by atoms with Crippen molar-refractivity contribution in [3.8, 4) is 0 Å². The van der Waals surface area contributed by atoms with Crippen LogP contribution in [0.4, 0.5) is 5.69 Å². The summed E-state index contributed by atoms with van der Waals surface area (Å²) in [6, 6.07) is 17.1. The molecule has 4 nitrogen and oxygen atoms in total. The first-order chi connectivity index (χ1) is 12.2. The van der Waals surface area contributed by atoms with Crippen LogP contribution in [0.2, 0.25) is 0 Å². The molecule has 0 saturated carbocycles. The first kappa shape index (κ1) is 17.6. The van der Waals surface area contributed by atoms with Crippen LogP contribution in [0.1, 0.15) is 23.1 Å². The number of carbonyl (C=O) groups excluding carboxylic acids is 1. The normalized spacial score (nSPS) is 14.5. The third kappa shape index (κ3) is 5.15. The maximum Gasteiger partial charge on any atom is 0.138 e. The minimum absolute atomic E-state index is 0.203. The van der Waals surface area contributed by atoms with E-state index in [2.05, 4.69) is 41.3 Å². The zero-order valence-electron chi connectivity index (χ0n) is 14.6. The van der Waals surface area contributed by atoms with Gasteiger partial charge in [0.25, 0.3) is 0 Å². The molecule has 4 heteroatoms. The second kappa shape index (κ2) is 8.79. The summed E-state index contributed by atoms with van der Waals surface area (Å²) in [4.78, 5) is 14.0. The number of nitrogens with zero attached hydrogens (tertiary/aromatic N) is 1. The van der Waals surface area contributed by atoms with Gasteiger partial charge >= 0.3 is 0 Å². The predicted molar refractivity (Wildman–Crippen MR) is 101 cm³/mol. The van der Waals surface area contributed by atoms with Crippen LogP contribution in [-0.2, 0) is 22.4 Å². The Morgan fingerprint density at radius 3 is 2.08 bits per heavy atom. The summed E-state index contributed by atoms with van der Waals surface area (Å²) in [6.07, 6.45) is 1.84. The lowest BCUT2D eigenvalue weighted by Crippen LogP contribution is -2.36. The predicted octanol–water partition coefficient (Wildman–Crippen LogP) is 2.57. The number of ketones is 1. The van der Waals surface area contributed by atoms with Crippen molar-refractivity contribution in [2.75, 3.05) is 37.7 Å². The number of ether oxygens (including phenoxy) is 1. The van der Waals surface area contributed by atoms with E-state index in [1.807, 2.05) is 12.1 Å². The molecule has 2 N–H and O–H groups in total. The monoisotopic (exact) mass is 338 g/mol. The van der Waals surface area contributed by atoms with Crippen molar-refractivity contribution in [3.05, 3.63) is 65.2 Å². The number of carbonyl (C=O) groups is 1. The molecule has 132 valence electrons. The van der Waals surface area contributed by atoms with Gasteiger partial charge in [0, 0.05) is 31.6 Å². The fourth-order valence-corrected chi connectivity index (χ4v) is 3.13. The van der Waals surface area contributed by atoms with E-state index >= 15 is 0 Å². The molecule has 0 aromatic heterocycles. The van der Waals surface area contributed by atoms with Gasteiger partial charge in [0.2, 0.25) is 0 Å². The van der Waals surface area contributed by atoms with Crippen LogP contribution in [0.3, 0.4) is 0 Å². The number of hydrogen-bond acceptors (Lipinski definition) is 4. The second-order valence-electron chi connectivity index (χ2n) is 6.51. The molecular weight excluding hydrogens is 312 g/mol. The van der Waals surface area contributed by atoms with Crippen molar-refractivity contribution < 1.29 is 9.53 Å². The average molecular weight is 338 g/mol. The first-order valence-electron chi connectivity index (χ1n) is 8.96. The van der Waals surface area contributed by atoms with Crippen LogP contribution >= 0.6 is 0 Å². The summed E-state index contributed by atoms with van der Waals surface area (Å²) in [7, 11) is 0. The van der Waals surface area contributed by atoms with Crippen molar-refractivity contribution in [2.24, 2.45) is 5.73 Å². The lowest BCUT2D eigenvalue weighted by atomic mass is 10.0. The smallest absolute Gasteiger partial charge is 0.138 e. The number of rotatable bonds is 7. The molecule has 0 spiro atoms. The molecule has 3 rings (SSSR count). The van der Waals surface area contributed by atoms with Crippen LogP contribution in [-0.4, -0.2) is 38.6 Å². The lowest BCUT2D eigenvalue weighted by molar-refractivity contribution is -0.118. The molecule has 0 aliphatic carbocycles. The molecule has 2 aromatic carbocycles. The number of benzene rings is 2. The van der Waals surface area contributed by atoms with E-state index in [0.29, 0.717) is 19.4 Å². The summed E-state index contributed by atoms with van der Waals surface area (Å²) in [5, 5.41) is 0. The van der Waals surface area contributed by atoms with Crippen LogP contribution in [0.25, 0.3) is 0 Å². The SMILES string of the molecule is NCCC(=O)Cc1ccc(Cc2ccc(N3CCOCC3)cc2)cc1. The van der Waals surface area contributed by atoms with Crippen molar-refractivity contribution >= 4 is 11.5 Å². The Morgan fingerprint density at radius 2 is 1.48 bits per heavy atom. The minimum Gasteiger partial charge on any atom is -0.378 e. The van der Waals surface area contributed by atoms with Gasteiger partial charge in [0.15, 0.2) is 0 Å². The summed E-state index contributed by atoms with van der Waals surface area (Å²) in [5.74, 6) is 0.203. The number of Topliss-reactive ketones (excluding diaryl/α,β-unsaturated/α-hetero) is 1. The maximum absolute atomic E-state index is 11.7. The topological polar surface area (TPSA) is 55.6 Å². The van der Waals surface area contributed by atoms with Gasteiger partial charge < -0.3 is 15.4 Å². The largest absolute Gasteiger partial charge is 0.378 e. The maximum atomic E-state index is 11.7. The highest BCUT2D eigenvalue weighted by atomic mass is 16.5. The molecule has 1 fully saturated rings. The zero-order chi connectivity index (χ0) is 17.5. The van der Waals surface area contributed by atoms with E-state index in [1.54, 1.807) is 0 Å². The molecule has 0 radical (unpaired) electrons. The molecule has 2 aromatic rings. The van der Waals surface area contributed by atoms with Crippen molar-refractivity contribution in [1.29, 1.82) is 0 Å². The third-order valence-electron chi connectivity index (χ3n) is 4.57. The highest BCUT2D eigenvalue weighted by molar-refractivity contribution is 5.81. The number of nitrogens with two attached hydrogens (primary N) is 1. The second-order valence-corrected chi connectivity index (χ2v) is 6.51. The van der Waals surface area contributed by atoms with Crippen molar-refractivity contribution in [3.63, 3.8) is 0 Å². The molecule has 1 heterocycles. The fourth-order valence-electron chi connectivity index (χ4n) is 3.13. The van der Waals surface area contributed by atoms with Gasteiger partial charge in [0.05, 0.1) is 13.2 Å². The zero-order valence-corrected chi connectivity index (χ0v) is 14.6. The van der Waals surface area contributed by atoms with E-state index in [1.165, 1.54) is 16.8 Å². The molecule has 0 amide bonds. The molecule has 0 unspecified atom stereocenters. The van der Waals surface area contributed by atoms with Crippen LogP contribution < -0.4 is 10.6 Å². The van der Waals surface area contributed by atoms with Crippen LogP contribution in [0, 0.1) is 0 Å². The Morgan fingerprint density at radius 1 is 0.920 bits per heavy atom. The van der Waals surface area contributed by atoms with Gasteiger partial charge in [-0.2, -0.15) is 0 Å². The standard InChI is InChI=1S/C21H26N2O2/c22-10-9-21(24)16-19-3-1-17(2-4-19)15-18-5-7-20(8-6-18)23-11-13-25-14-12-23/h1-8H,9-16,22H2. The summed E-state index contributed by atoms with van der Waals surface area (Å²) in [6.45, 7) is 3.97. The molecule has 0 atom stereocenters. The molecule has 1 aliphatic rings. The Bertz CT molecular complexity index is 674.